The molecule has 1 atom stereocenters. The molecule has 0 bridgehead atoms. The second kappa shape index (κ2) is 11.4. The zero-order chi connectivity index (χ0) is 27.1. The van der Waals surface area contributed by atoms with E-state index < -0.39 is 11.6 Å². The predicted molar refractivity (Wildman–Crippen MR) is 154 cm³/mol. The molecule has 2 aromatic carbocycles. The average molecular weight is 582 g/mol. The number of hydrogen-bond donors (Lipinski definition) is 2. The number of fused-ring (bicyclic) bond motifs is 3. The van der Waals surface area contributed by atoms with Gasteiger partial charge in [0.05, 0.1) is 23.5 Å². The van der Waals surface area contributed by atoms with E-state index in [0.717, 1.165) is 6.42 Å². The van der Waals surface area contributed by atoms with Crippen LogP contribution in [0.5, 0.6) is 0 Å². The Morgan fingerprint density at radius 2 is 1.95 bits per heavy atom. The van der Waals surface area contributed by atoms with Crippen LogP contribution in [0.1, 0.15) is 41.0 Å². The Bertz CT molecular complexity index is 1610. The van der Waals surface area contributed by atoms with Crippen molar-refractivity contribution in [2.75, 3.05) is 25.5 Å². The molecule has 4 heterocycles. The van der Waals surface area contributed by atoms with E-state index in [-0.39, 0.29) is 43.1 Å². The third-order valence-corrected chi connectivity index (χ3v) is 7.78. The molecule has 4 aromatic rings. The Morgan fingerprint density at radius 1 is 1.15 bits per heavy atom. The first-order chi connectivity index (χ1) is 18.9. The number of nitrogens with one attached hydrogen (secondary N) is 2. The van der Waals surface area contributed by atoms with E-state index in [1.165, 1.54) is 29.5 Å². The summed E-state index contributed by atoms with van der Waals surface area (Å²) in [6, 6.07) is 9.06. The summed E-state index contributed by atoms with van der Waals surface area (Å²) >= 11 is 7.57. The Labute approximate surface area is 239 Å². The van der Waals surface area contributed by atoms with E-state index in [4.69, 9.17) is 16.6 Å². The number of aliphatic imine (C=N–C) groups is 1. The number of amides is 1. The van der Waals surface area contributed by atoms with E-state index in [9.17, 15) is 13.6 Å². The number of likely N-dealkylation sites (tertiary alicyclic amines) is 1. The van der Waals surface area contributed by atoms with Crippen LogP contribution in [0.4, 0.5) is 19.9 Å². The van der Waals surface area contributed by atoms with E-state index >= 15 is 0 Å². The maximum atomic E-state index is 14.8. The fourth-order valence-corrected chi connectivity index (χ4v) is 5.64. The summed E-state index contributed by atoms with van der Waals surface area (Å²) in [5.41, 5.74) is 2.60. The molecule has 40 heavy (non-hydrogen) atoms. The van der Waals surface area contributed by atoms with Gasteiger partial charge in [0.15, 0.2) is 5.13 Å². The maximum Gasteiger partial charge on any atom is 0.273 e. The van der Waals surface area contributed by atoms with Crippen LogP contribution in [0.2, 0.25) is 5.02 Å². The van der Waals surface area contributed by atoms with Gasteiger partial charge in [-0.15, -0.1) is 11.3 Å². The fraction of sp³-hybridized carbons (Fsp3) is 0.250. The monoisotopic (exact) mass is 581 g/mol. The molecule has 0 radical (unpaired) electrons. The minimum atomic E-state index is -0.719. The number of nitrogens with zero attached hydrogens (tertiary/aromatic N) is 5. The summed E-state index contributed by atoms with van der Waals surface area (Å²) in [4.78, 5) is 32.8. The lowest BCUT2D eigenvalue weighted by Crippen LogP contribution is -2.33. The number of benzene rings is 2. The highest BCUT2D eigenvalue weighted by Gasteiger charge is 2.28. The number of aromatic nitrogens is 3. The van der Waals surface area contributed by atoms with Crippen molar-refractivity contribution in [3.63, 3.8) is 0 Å². The molecule has 206 valence electrons. The molecule has 2 aromatic heterocycles. The van der Waals surface area contributed by atoms with Gasteiger partial charge in [-0.25, -0.2) is 23.7 Å². The predicted octanol–water partition coefficient (Wildman–Crippen LogP) is 5.70. The van der Waals surface area contributed by atoms with Crippen LogP contribution in [0.25, 0.3) is 11.3 Å². The lowest BCUT2D eigenvalue weighted by molar-refractivity contribution is 0.0785. The number of thiazole rings is 1. The first kappa shape index (κ1) is 27.8. The zero-order valence-corrected chi connectivity index (χ0v) is 22.3. The SMILES string of the molecule is C.CNC1CCN(C(=O)c2csc(Nc3ncc4c(n3)-c3ccc(Cl)cc3C(c3c(F)cccc3F)=NC4)n2)C1. The minimum absolute atomic E-state index is 0. The molecule has 1 saturated heterocycles. The molecular formula is C28H26ClF2N7OS. The Balaban J connectivity index is 0.00000323. The van der Waals surface area contributed by atoms with Gasteiger partial charge in [-0.1, -0.05) is 31.2 Å². The molecule has 1 unspecified atom stereocenters. The zero-order valence-electron chi connectivity index (χ0n) is 20.7. The fourth-order valence-electron chi connectivity index (χ4n) is 4.79. The number of likely N-dealkylation sites (N-methyl/N-ethyl adjacent to an activating group) is 1. The molecule has 1 amide bonds. The number of rotatable bonds is 5. The molecule has 0 saturated carbocycles. The van der Waals surface area contributed by atoms with Gasteiger partial charge in [-0.05, 0) is 37.7 Å². The highest BCUT2D eigenvalue weighted by atomic mass is 35.5. The molecule has 1 fully saturated rings. The highest BCUT2D eigenvalue weighted by molar-refractivity contribution is 7.14. The van der Waals surface area contributed by atoms with Gasteiger partial charge in [-0.3, -0.25) is 9.79 Å². The van der Waals surface area contributed by atoms with Crippen molar-refractivity contribution in [2.24, 2.45) is 4.99 Å². The Morgan fingerprint density at radius 3 is 2.70 bits per heavy atom. The highest BCUT2D eigenvalue weighted by Crippen LogP contribution is 2.35. The molecule has 2 aliphatic heterocycles. The quantitative estimate of drug-likeness (QED) is 0.314. The van der Waals surface area contributed by atoms with Gasteiger partial charge < -0.3 is 15.5 Å². The van der Waals surface area contributed by atoms with E-state index in [1.807, 2.05) is 7.05 Å². The van der Waals surface area contributed by atoms with Crippen LogP contribution >= 0.6 is 22.9 Å². The van der Waals surface area contributed by atoms with Crippen molar-refractivity contribution in [1.29, 1.82) is 0 Å². The second-order valence-electron chi connectivity index (χ2n) is 9.21. The summed E-state index contributed by atoms with van der Waals surface area (Å²) < 4.78 is 29.5. The van der Waals surface area contributed by atoms with Gasteiger partial charge in [0.2, 0.25) is 5.95 Å². The van der Waals surface area contributed by atoms with Crippen molar-refractivity contribution in [2.45, 2.75) is 26.4 Å². The van der Waals surface area contributed by atoms with Crippen molar-refractivity contribution in [1.82, 2.24) is 25.2 Å². The van der Waals surface area contributed by atoms with Gasteiger partial charge in [0, 0.05) is 52.4 Å². The van der Waals surface area contributed by atoms with E-state index in [0.29, 0.717) is 51.3 Å². The number of hydrogen-bond acceptors (Lipinski definition) is 8. The van der Waals surface area contributed by atoms with Gasteiger partial charge in [-0.2, -0.15) is 0 Å². The minimum Gasteiger partial charge on any atom is -0.336 e. The normalized spacial score (nSPS) is 15.9. The van der Waals surface area contributed by atoms with Crippen LogP contribution in [-0.2, 0) is 6.54 Å². The molecule has 8 nitrogen and oxygen atoms in total. The molecule has 2 N–H and O–H groups in total. The lowest BCUT2D eigenvalue weighted by atomic mass is 9.95. The Hall–Kier alpha value is -3.80. The van der Waals surface area contributed by atoms with Gasteiger partial charge in [0.1, 0.15) is 17.3 Å². The third-order valence-electron chi connectivity index (χ3n) is 6.79. The van der Waals surface area contributed by atoms with Crippen LogP contribution in [-0.4, -0.2) is 57.6 Å². The van der Waals surface area contributed by atoms with E-state index in [1.54, 1.807) is 34.7 Å². The van der Waals surface area contributed by atoms with Crippen molar-refractivity contribution >= 4 is 45.6 Å². The topological polar surface area (TPSA) is 95.4 Å². The van der Waals surface area contributed by atoms with Crippen molar-refractivity contribution < 1.29 is 13.6 Å². The number of anilines is 2. The number of carbonyl (C=O) groups excluding carboxylic acids is 1. The molecule has 6 rings (SSSR count). The third kappa shape index (κ3) is 5.19. The summed E-state index contributed by atoms with van der Waals surface area (Å²) in [6.07, 6.45) is 2.52. The molecule has 12 heteroatoms. The number of carbonyl (C=O) groups is 1. The molecular weight excluding hydrogens is 556 g/mol. The number of halogens is 3. The summed E-state index contributed by atoms with van der Waals surface area (Å²) in [6.45, 7) is 1.45. The smallest absolute Gasteiger partial charge is 0.273 e. The summed E-state index contributed by atoms with van der Waals surface area (Å²) in [7, 11) is 1.89. The van der Waals surface area contributed by atoms with Crippen LogP contribution in [0, 0.1) is 11.6 Å². The summed E-state index contributed by atoms with van der Waals surface area (Å²) in [5.74, 6) is -1.29. The summed E-state index contributed by atoms with van der Waals surface area (Å²) in [5, 5.41) is 8.86. The van der Waals surface area contributed by atoms with Crippen LogP contribution in [0.15, 0.2) is 53.0 Å². The molecule has 0 spiro atoms. The van der Waals surface area contributed by atoms with Crippen LogP contribution in [0.3, 0.4) is 0 Å². The maximum absolute atomic E-state index is 14.8. The first-order valence-electron chi connectivity index (χ1n) is 12.3. The lowest BCUT2D eigenvalue weighted by Gasteiger charge is -2.14. The van der Waals surface area contributed by atoms with Gasteiger partial charge in [0.25, 0.3) is 5.91 Å². The van der Waals surface area contributed by atoms with E-state index in [2.05, 4.69) is 25.6 Å². The first-order valence-corrected chi connectivity index (χ1v) is 13.5. The second-order valence-corrected chi connectivity index (χ2v) is 10.5. The average Bonchev–Trinajstić information content (AvgIpc) is 3.57. The molecule has 0 aliphatic carbocycles. The van der Waals surface area contributed by atoms with Gasteiger partial charge >= 0.3 is 0 Å². The standard InChI is InChI=1S/C27H22ClF2N7OS.CH4/c1-31-16-7-8-37(12-16)25(38)21-13-39-27(34-21)36-26-33-11-14-10-32-24(22-19(29)3-2-4-20(22)30)18-9-15(28)5-6-17(18)23(14)35-26;/h2-6,9,11,13,16,31H,7-8,10,12H2,1H3,(H,33,34,35,36);1H4. The van der Waals surface area contributed by atoms with Crippen molar-refractivity contribution in [3.8, 4) is 11.3 Å². The van der Waals surface area contributed by atoms with Crippen molar-refractivity contribution in [3.05, 3.63) is 87.0 Å². The van der Waals surface area contributed by atoms with Crippen LogP contribution < -0.4 is 10.6 Å². The largest absolute Gasteiger partial charge is 0.336 e. The Kier molecular flexibility index (Phi) is 7.88. The molecule has 2 aliphatic rings.